The van der Waals surface area contributed by atoms with Crippen molar-refractivity contribution in [3.63, 3.8) is 0 Å². The number of esters is 4. The second-order valence-corrected chi connectivity index (χ2v) is 16.3. The third-order valence-corrected chi connectivity index (χ3v) is 13.7. The van der Waals surface area contributed by atoms with E-state index in [4.69, 9.17) is 18.9 Å². The molecule has 3 aliphatic carbocycles. The first-order valence-electron chi connectivity index (χ1n) is 16.9. The van der Waals surface area contributed by atoms with Gasteiger partial charge in [0.1, 0.15) is 18.3 Å². The van der Waals surface area contributed by atoms with Gasteiger partial charge in [-0.3, -0.25) is 19.2 Å². The zero-order valence-electron chi connectivity index (χ0n) is 28.2. The van der Waals surface area contributed by atoms with E-state index >= 15 is 0 Å². The fourth-order valence-electron chi connectivity index (χ4n) is 10.5. The van der Waals surface area contributed by atoms with Crippen molar-refractivity contribution >= 4 is 39.8 Å². The third kappa shape index (κ3) is 6.60. The standard InChI is InChI=1S/C35H55BrO8/c1-10-23(18(2)3)31(36)32(44-22(7)39)19(4)25-11-12-26-24-17-41-33(40)28-15-29(42-20(5)37)30(43-21(6)38)16-35(28,9)27(24)13-14-34(25,26)8/h18-19,23-32H,10-17H2,1-9H3/t19-,23-,24-,25+,26-,27-,28+,29-,30+,31?,32?,34+,35+/m0/s1. The number of halogens is 1. The van der Waals surface area contributed by atoms with E-state index in [1.54, 1.807) is 0 Å². The largest absolute Gasteiger partial charge is 0.465 e. The van der Waals surface area contributed by atoms with Crippen molar-refractivity contribution in [2.75, 3.05) is 6.61 Å². The first-order valence-corrected chi connectivity index (χ1v) is 17.8. The highest BCUT2D eigenvalue weighted by Gasteiger charge is 2.64. The SMILES string of the molecule is CC[C@@H](C(C)C)C(Br)C(OC(C)=O)[C@@H](C)[C@H]1CC[C@H]2[C@@H]3COC(=O)[C@H]4C[C@H](OC(C)=O)[C@H](OC(C)=O)C[C@]4(C)[C@H]3CC[C@]12C. The summed E-state index contributed by atoms with van der Waals surface area (Å²) in [7, 11) is 0. The number of carbonyl (C=O) groups is 4. The van der Waals surface area contributed by atoms with Gasteiger partial charge >= 0.3 is 23.9 Å². The van der Waals surface area contributed by atoms with Gasteiger partial charge in [0.15, 0.2) is 0 Å². The Morgan fingerprint density at radius 1 is 0.932 bits per heavy atom. The van der Waals surface area contributed by atoms with Gasteiger partial charge < -0.3 is 18.9 Å². The van der Waals surface area contributed by atoms with Crippen molar-refractivity contribution in [3.8, 4) is 0 Å². The Kier molecular flexibility index (Phi) is 10.9. The van der Waals surface area contributed by atoms with Gasteiger partial charge in [0.2, 0.25) is 0 Å². The summed E-state index contributed by atoms with van der Waals surface area (Å²) in [5.74, 6) is 0.327. The highest BCUT2D eigenvalue weighted by molar-refractivity contribution is 9.09. The number of hydrogen-bond donors (Lipinski definition) is 0. The van der Waals surface area contributed by atoms with E-state index in [0.29, 0.717) is 43.1 Å². The molecule has 0 aromatic carbocycles. The van der Waals surface area contributed by atoms with Gasteiger partial charge in [-0.2, -0.15) is 0 Å². The number of carbonyl (C=O) groups excluding carboxylic acids is 4. The molecule has 9 heteroatoms. The summed E-state index contributed by atoms with van der Waals surface area (Å²) in [6, 6.07) is 0. The van der Waals surface area contributed by atoms with Gasteiger partial charge in [-0.15, -0.1) is 0 Å². The van der Waals surface area contributed by atoms with Gasteiger partial charge in [-0.05, 0) is 84.4 Å². The Bertz CT molecular complexity index is 1090. The van der Waals surface area contributed by atoms with Crippen LogP contribution >= 0.6 is 15.9 Å². The summed E-state index contributed by atoms with van der Waals surface area (Å²) in [5, 5.41) is 0. The molecule has 1 heterocycles. The number of ether oxygens (including phenoxy) is 4. The van der Waals surface area contributed by atoms with Crippen LogP contribution in [0.2, 0.25) is 0 Å². The molecule has 13 atom stereocenters. The highest BCUT2D eigenvalue weighted by atomic mass is 79.9. The van der Waals surface area contributed by atoms with Crippen LogP contribution in [0.5, 0.6) is 0 Å². The molecule has 0 aromatic heterocycles. The maximum Gasteiger partial charge on any atom is 0.309 e. The molecular weight excluding hydrogens is 628 g/mol. The molecule has 2 unspecified atom stereocenters. The summed E-state index contributed by atoms with van der Waals surface area (Å²) in [5.41, 5.74) is -0.440. The number of alkyl halides is 1. The Morgan fingerprint density at radius 3 is 2.11 bits per heavy atom. The molecule has 3 saturated carbocycles. The minimum absolute atomic E-state index is 0.0120. The van der Waals surface area contributed by atoms with Crippen LogP contribution in [0.15, 0.2) is 0 Å². The lowest BCUT2D eigenvalue weighted by Gasteiger charge is -2.56. The maximum atomic E-state index is 13.6. The maximum absolute atomic E-state index is 13.6. The van der Waals surface area contributed by atoms with E-state index in [-0.39, 0.29) is 46.0 Å². The lowest BCUT2D eigenvalue weighted by atomic mass is 9.48. The van der Waals surface area contributed by atoms with Crippen molar-refractivity contribution < 1.29 is 38.1 Å². The van der Waals surface area contributed by atoms with Crippen molar-refractivity contribution in [3.05, 3.63) is 0 Å². The molecule has 0 aromatic rings. The summed E-state index contributed by atoms with van der Waals surface area (Å²) in [6.45, 7) is 18.1. The summed E-state index contributed by atoms with van der Waals surface area (Å²) in [6.07, 6.45) is 4.30. The molecule has 4 rings (SSSR count). The van der Waals surface area contributed by atoms with E-state index < -0.39 is 35.5 Å². The fraction of sp³-hybridized carbons (Fsp3) is 0.886. The first kappa shape index (κ1) is 35.2. The second-order valence-electron chi connectivity index (χ2n) is 15.2. The Balaban J connectivity index is 1.63. The molecule has 0 spiro atoms. The van der Waals surface area contributed by atoms with E-state index in [0.717, 1.165) is 32.1 Å². The highest BCUT2D eigenvalue weighted by Crippen LogP contribution is 2.66. The minimum atomic E-state index is -0.669. The van der Waals surface area contributed by atoms with Crippen molar-refractivity contribution in [2.45, 2.75) is 130 Å². The van der Waals surface area contributed by atoms with Crippen LogP contribution in [-0.2, 0) is 38.1 Å². The number of rotatable bonds is 9. The molecule has 0 radical (unpaired) electrons. The predicted molar refractivity (Wildman–Crippen MR) is 169 cm³/mol. The molecule has 4 fully saturated rings. The average Bonchev–Trinajstić information content (AvgIpc) is 3.22. The first-order chi connectivity index (χ1) is 20.5. The van der Waals surface area contributed by atoms with Crippen LogP contribution in [-0.4, -0.2) is 53.6 Å². The Hall–Kier alpha value is -1.64. The van der Waals surface area contributed by atoms with Crippen molar-refractivity contribution in [1.82, 2.24) is 0 Å². The van der Waals surface area contributed by atoms with E-state index in [2.05, 4.69) is 57.5 Å². The Morgan fingerprint density at radius 2 is 1.55 bits per heavy atom. The average molecular weight is 684 g/mol. The predicted octanol–water partition coefficient (Wildman–Crippen LogP) is 6.90. The monoisotopic (exact) mass is 682 g/mol. The lowest BCUT2D eigenvalue weighted by molar-refractivity contribution is -0.188. The van der Waals surface area contributed by atoms with Gasteiger partial charge in [0.05, 0.1) is 17.4 Å². The smallest absolute Gasteiger partial charge is 0.309 e. The van der Waals surface area contributed by atoms with Crippen LogP contribution in [0.4, 0.5) is 0 Å². The molecule has 44 heavy (non-hydrogen) atoms. The van der Waals surface area contributed by atoms with Crippen LogP contribution in [0.25, 0.3) is 0 Å². The lowest BCUT2D eigenvalue weighted by Crippen LogP contribution is -2.56. The third-order valence-electron chi connectivity index (χ3n) is 12.5. The van der Waals surface area contributed by atoms with Crippen molar-refractivity contribution in [1.29, 1.82) is 0 Å². The van der Waals surface area contributed by atoms with Crippen LogP contribution in [0, 0.1) is 58.2 Å². The molecule has 0 bridgehead atoms. The minimum Gasteiger partial charge on any atom is -0.465 e. The molecule has 8 nitrogen and oxygen atoms in total. The molecule has 1 saturated heterocycles. The van der Waals surface area contributed by atoms with Gasteiger partial charge in [0.25, 0.3) is 0 Å². The van der Waals surface area contributed by atoms with Gasteiger partial charge in [-0.1, -0.05) is 63.9 Å². The van der Waals surface area contributed by atoms with Crippen molar-refractivity contribution in [2.24, 2.45) is 58.2 Å². The zero-order chi connectivity index (χ0) is 32.7. The van der Waals surface area contributed by atoms with Crippen LogP contribution in [0.1, 0.15) is 107 Å². The summed E-state index contributed by atoms with van der Waals surface area (Å²) < 4.78 is 23.5. The van der Waals surface area contributed by atoms with E-state index in [1.165, 1.54) is 20.8 Å². The van der Waals surface area contributed by atoms with Crippen LogP contribution in [0.3, 0.4) is 0 Å². The normalized spacial score (nSPS) is 39.3. The fourth-order valence-corrected chi connectivity index (χ4v) is 12.1. The molecule has 1 aliphatic heterocycles. The van der Waals surface area contributed by atoms with E-state index in [9.17, 15) is 19.2 Å². The van der Waals surface area contributed by atoms with Gasteiger partial charge in [0, 0.05) is 27.2 Å². The molecular formula is C35H55BrO8. The zero-order valence-corrected chi connectivity index (χ0v) is 29.8. The molecule has 0 N–H and O–H groups in total. The summed E-state index contributed by atoms with van der Waals surface area (Å²) >= 11 is 4.01. The van der Waals surface area contributed by atoms with E-state index in [1.807, 2.05) is 0 Å². The molecule has 250 valence electrons. The molecule has 0 amide bonds. The van der Waals surface area contributed by atoms with Gasteiger partial charge in [-0.25, -0.2) is 0 Å². The second kappa shape index (κ2) is 13.6. The topological polar surface area (TPSA) is 105 Å². The summed E-state index contributed by atoms with van der Waals surface area (Å²) in [4.78, 5) is 50.1. The van der Waals surface area contributed by atoms with Crippen LogP contribution < -0.4 is 0 Å². The number of fused-ring (bicyclic) bond motifs is 5. The Labute approximate surface area is 272 Å². The quantitative estimate of drug-likeness (QED) is 0.147. The number of cyclic esters (lactones) is 1. The molecule has 4 aliphatic rings. The number of hydrogen-bond acceptors (Lipinski definition) is 8.